The number of thiol groups is 1. The molecule has 0 saturated heterocycles. The molecule has 0 spiro atoms. The first-order chi connectivity index (χ1) is 3.18. The molecule has 0 heterocycles. The molecule has 0 fully saturated rings. The molecule has 7 heavy (non-hydrogen) atoms. The van der Waals surface area contributed by atoms with Crippen molar-refractivity contribution < 1.29 is 8.57 Å². The maximum Gasteiger partial charge on any atom is 0.142 e. The van der Waals surface area contributed by atoms with Gasteiger partial charge in [0.25, 0.3) is 0 Å². The molecule has 0 N–H and O–H groups in total. The van der Waals surface area contributed by atoms with Gasteiger partial charge in [0, 0.05) is 12.9 Å². The van der Waals surface area contributed by atoms with E-state index in [0.717, 1.165) is 0 Å². The Labute approximate surface area is 47.8 Å². The maximum atomic E-state index is 11.8. The van der Waals surface area contributed by atoms with Crippen molar-refractivity contribution in [1.82, 2.24) is 0 Å². The second-order valence-electron chi connectivity index (χ2n) is 1.18. The fraction of sp³-hybridized carbons (Fsp3) is 0.500. The SMILES string of the molecule is C/C(F)=C(\C)OS. The third kappa shape index (κ3) is 2.51. The molecule has 0 aromatic rings. The fourth-order valence-electron chi connectivity index (χ4n) is 0.0629. The van der Waals surface area contributed by atoms with Crippen LogP contribution < -0.4 is 0 Å². The summed E-state index contributed by atoms with van der Waals surface area (Å²) in [5.41, 5.74) is 0. The Hall–Kier alpha value is -0.180. The summed E-state index contributed by atoms with van der Waals surface area (Å²) >= 11 is 3.36. The van der Waals surface area contributed by atoms with E-state index in [9.17, 15) is 4.39 Å². The Morgan fingerprint density at radius 1 is 1.57 bits per heavy atom. The molecular formula is C4H7FOS. The first-order valence-electron chi connectivity index (χ1n) is 1.83. The zero-order chi connectivity index (χ0) is 5.86. The molecule has 0 amide bonds. The quantitative estimate of drug-likeness (QED) is 0.318. The van der Waals surface area contributed by atoms with Gasteiger partial charge in [0.1, 0.15) is 11.6 Å². The highest BCUT2D eigenvalue weighted by Crippen LogP contribution is 2.05. The lowest BCUT2D eigenvalue weighted by atomic mass is 10.5. The van der Waals surface area contributed by atoms with Crippen LogP contribution in [-0.2, 0) is 4.18 Å². The van der Waals surface area contributed by atoms with Crippen LogP contribution in [0.25, 0.3) is 0 Å². The molecule has 0 aliphatic heterocycles. The Morgan fingerprint density at radius 2 is 2.00 bits per heavy atom. The van der Waals surface area contributed by atoms with Gasteiger partial charge in [0.05, 0.1) is 0 Å². The predicted molar refractivity (Wildman–Crippen MR) is 29.6 cm³/mol. The van der Waals surface area contributed by atoms with Crippen LogP contribution in [0.5, 0.6) is 0 Å². The van der Waals surface area contributed by atoms with Gasteiger partial charge >= 0.3 is 0 Å². The summed E-state index contributed by atoms with van der Waals surface area (Å²) in [6, 6.07) is 0. The third-order valence-electron chi connectivity index (χ3n) is 0.622. The van der Waals surface area contributed by atoms with Crippen LogP contribution in [0.3, 0.4) is 0 Å². The third-order valence-corrected chi connectivity index (χ3v) is 0.896. The van der Waals surface area contributed by atoms with Crippen molar-refractivity contribution in [1.29, 1.82) is 0 Å². The molecule has 0 aromatic heterocycles. The minimum absolute atomic E-state index is 0.211. The smallest absolute Gasteiger partial charge is 0.142 e. The Morgan fingerprint density at radius 3 is 2.00 bits per heavy atom. The van der Waals surface area contributed by atoms with E-state index < -0.39 is 0 Å². The van der Waals surface area contributed by atoms with Crippen LogP contribution in [0.4, 0.5) is 4.39 Å². The molecule has 3 heteroatoms. The van der Waals surface area contributed by atoms with Gasteiger partial charge in [0.15, 0.2) is 0 Å². The van der Waals surface area contributed by atoms with Gasteiger partial charge in [-0.1, -0.05) is 0 Å². The van der Waals surface area contributed by atoms with Gasteiger partial charge in [-0.2, -0.15) is 0 Å². The van der Waals surface area contributed by atoms with E-state index >= 15 is 0 Å². The van der Waals surface area contributed by atoms with E-state index in [0.29, 0.717) is 0 Å². The molecule has 0 rings (SSSR count). The van der Waals surface area contributed by atoms with Crippen LogP contribution in [0, 0.1) is 0 Å². The Balaban J connectivity index is 3.72. The molecule has 0 unspecified atom stereocenters. The van der Waals surface area contributed by atoms with Gasteiger partial charge < -0.3 is 4.18 Å². The van der Waals surface area contributed by atoms with Crippen molar-refractivity contribution in [3.8, 4) is 0 Å². The summed E-state index contributed by atoms with van der Waals surface area (Å²) < 4.78 is 16.0. The zero-order valence-corrected chi connectivity index (χ0v) is 5.13. The van der Waals surface area contributed by atoms with Crippen LogP contribution in [0.2, 0.25) is 0 Å². The van der Waals surface area contributed by atoms with Crippen molar-refractivity contribution in [2.24, 2.45) is 0 Å². The Bertz CT molecular complexity index is 85.7. The van der Waals surface area contributed by atoms with Crippen molar-refractivity contribution in [2.75, 3.05) is 0 Å². The number of hydrogen-bond acceptors (Lipinski definition) is 2. The summed E-state index contributed by atoms with van der Waals surface area (Å²) in [6.45, 7) is 2.81. The molecular weight excluding hydrogens is 115 g/mol. The molecule has 0 saturated carbocycles. The van der Waals surface area contributed by atoms with E-state index in [2.05, 4.69) is 17.1 Å². The second kappa shape index (κ2) is 2.91. The van der Waals surface area contributed by atoms with Crippen LogP contribution >= 0.6 is 12.9 Å². The molecule has 0 aliphatic rings. The summed E-state index contributed by atoms with van der Waals surface area (Å²) in [6.07, 6.45) is 0. The van der Waals surface area contributed by atoms with E-state index in [-0.39, 0.29) is 11.6 Å². The monoisotopic (exact) mass is 122 g/mol. The standard InChI is InChI=1S/C4H7FOS/c1-3(5)4(2)6-7/h7H,1-2H3/b4-3-. The lowest BCUT2D eigenvalue weighted by molar-refractivity contribution is 0.462. The van der Waals surface area contributed by atoms with E-state index in [1.54, 1.807) is 0 Å². The number of rotatable bonds is 1. The van der Waals surface area contributed by atoms with Gasteiger partial charge in [-0.25, -0.2) is 4.39 Å². The zero-order valence-electron chi connectivity index (χ0n) is 4.23. The fourth-order valence-corrected chi connectivity index (χ4v) is 0.189. The van der Waals surface area contributed by atoms with Crippen molar-refractivity contribution in [3.05, 3.63) is 11.6 Å². The molecule has 0 radical (unpaired) electrons. The second-order valence-corrected chi connectivity index (χ2v) is 1.36. The minimum Gasteiger partial charge on any atom is -0.431 e. The average Bonchev–Trinajstić information content (AvgIpc) is 1.65. The molecule has 0 aromatic carbocycles. The summed E-state index contributed by atoms with van der Waals surface area (Å²) in [4.78, 5) is 0. The van der Waals surface area contributed by atoms with E-state index in [4.69, 9.17) is 0 Å². The number of hydrogen-bond donors (Lipinski definition) is 1. The maximum absolute atomic E-state index is 11.8. The molecule has 0 atom stereocenters. The lowest BCUT2D eigenvalue weighted by Crippen LogP contribution is -1.74. The van der Waals surface area contributed by atoms with Crippen LogP contribution in [-0.4, -0.2) is 0 Å². The number of halogens is 1. The summed E-state index contributed by atoms with van der Waals surface area (Å²) in [5, 5.41) is 0. The van der Waals surface area contributed by atoms with Crippen molar-refractivity contribution in [3.63, 3.8) is 0 Å². The molecule has 1 nitrogen and oxygen atoms in total. The first kappa shape index (κ1) is 6.82. The summed E-state index contributed by atoms with van der Waals surface area (Å²) in [5.74, 6) is -0.127. The minimum atomic E-state index is -0.338. The lowest BCUT2D eigenvalue weighted by Gasteiger charge is -1.92. The van der Waals surface area contributed by atoms with Crippen LogP contribution in [0.1, 0.15) is 13.8 Å². The Kier molecular flexibility index (Phi) is 2.83. The molecule has 42 valence electrons. The van der Waals surface area contributed by atoms with Gasteiger partial charge in [-0.05, 0) is 13.8 Å². The van der Waals surface area contributed by atoms with Gasteiger partial charge in [-0.3, -0.25) is 0 Å². The van der Waals surface area contributed by atoms with E-state index in [1.165, 1.54) is 13.8 Å². The highest BCUT2D eigenvalue weighted by atomic mass is 32.1. The highest BCUT2D eigenvalue weighted by molar-refractivity contribution is 7.75. The highest BCUT2D eigenvalue weighted by Gasteiger charge is 1.90. The predicted octanol–water partition coefficient (Wildman–Crippen LogP) is 2.07. The topological polar surface area (TPSA) is 9.23 Å². The number of allylic oxidation sites excluding steroid dienone is 2. The normalized spacial score (nSPS) is 13.1. The van der Waals surface area contributed by atoms with E-state index in [1.807, 2.05) is 0 Å². The average molecular weight is 122 g/mol. The van der Waals surface area contributed by atoms with Crippen molar-refractivity contribution >= 4 is 12.9 Å². The largest absolute Gasteiger partial charge is 0.431 e. The van der Waals surface area contributed by atoms with Gasteiger partial charge in [0.2, 0.25) is 0 Å². The summed E-state index contributed by atoms with van der Waals surface area (Å²) in [7, 11) is 0. The molecule has 0 bridgehead atoms. The van der Waals surface area contributed by atoms with Crippen LogP contribution in [0.15, 0.2) is 11.6 Å². The first-order valence-corrected chi connectivity index (χ1v) is 2.19. The van der Waals surface area contributed by atoms with Crippen molar-refractivity contribution in [2.45, 2.75) is 13.8 Å². The molecule has 0 aliphatic carbocycles. The van der Waals surface area contributed by atoms with Gasteiger partial charge in [-0.15, -0.1) is 0 Å².